The predicted octanol–water partition coefficient (Wildman–Crippen LogP) is 2.42. The van der Waals surface area contributed by atoms with Gasteiger partial charge in [-0.05, 0) is 45.3 Å². The molecule has 0 aliphatic carbocycles. The molecule has 0 aromatic heterocycles. The molecule has 1 aliphatic rings. The molecule has 9 heteroatoms. The molecule has 1 heterocycles. The number of hydrogen-bond acceptors (Lipinski definition) is 3. The van der Waals surface area contributed by atoms with E-state index in [1.54, 1.807) is 5.32 Å². The lowest BCUT2D eigenvalue weighted by molar-refractivity contribution is -0.123. The zero-order valence-electron chi connectivity index (χ0n) is 13.8. The molecule has 1 aliphatic heterocycles. The first kappa shape index (κ1) is 18.7. The van der Waals surface area contributed by atoms with E-state index in [0.29, 0.717) is 5.46 Å². The van der Waals surface area contributed by atoms with Crippen LogP contribution >= 0.6 is 0 Å². The highest BCUT2D eigenvalue weighted by Gasteiger charge is 2.51. The Bertz CT molecular complexity index is 630. The SMILES string of the molecule is CC1(C)OB(c2ccc(C(=O)NCC(F)(F)F)c(F)c2)OC1(C)C. The highest BCUT2D eigenvalue weighted by molar-refractivity contribution is 6.62. The number of nitrogens with one attached hydrogen (secondary N) is 1. The second-order valence-electron chi connectivity index (χ2n) is 6.63. The summed E-state index contributed by atoms with van der Waals surface area (Å²) in [7, 11) is -0.822. The van der Waals surface area contributed by atoms with Crippen LogP contribution in [0.5, 0.6) is 0 Å². The molecule has 0 spiro atoms. The summed E-state index contributed by atoms with van der Waals surface area (Å²) < 4.78 is 61.9. The second-order valence-corrected chi connectivity index (χ2v) is 6.63. The highest BCUT2D eigenvalue weighted by atomic mass is 19.4. The number of rotatable bonds is 3. The van der Waals surface area contributed by atoms with Gasteiger partial charge < -0.3 is 14.6 Å². The van der Waals surface area contributed by atoms with Crippen LogP contribution in [-0.2, 0) is 9.31 Å². The maximum absolute atomic E-state index is 14.1. The van der Waals surface area contributed by atoms with Crippen LogP contribution in [0.1, 0.15) is 38.1 Å². The van der Waals surface area contributed by atoms with Crippen LogP contribution in [0.3, 0.4) is 0 Å². The Morgan fingerprint density at radius 2 is 1.71 bits per heavy atom. The third kappa shape index (κ3) is 3.89. The summed E-state index contributed by atoms with van der Waals surface area (Å²) in [6, 6.07) is 3.54. The number of carbonyl (C=O) groups is 1. The van der Waals surface area contributed by atoms with Gasteiger partial charge in [-0.1, -0.05) is 6.07 Å². The van der Waals surface area contributed by atoms with Crippen molar-refractivity contribution in [1.82, 2.24) is 5.32 Å². The first-order valence-corrected chi connectivity index (χ1v) is 7.32. The van der Waals surface area contributed by atoms with Crippen molar-refractivity contribution in [1.29, 1.82) is 0 Å². The number of amides is 1. The molecule has 1 saturated heterocycles. The van der Waals surface area contributed by atoms with E-state index in [0.717, 1.165) is 12.1 Å². The Morgan fingerprint density at radius 3 is 2.17 bits per heavy atom. The van der Waals surface area contributed by atoms with E-state index < -0.39 is 48.3 Å². The molecular weight excluding hydrogens is 329 g/mol. The number of halogens is 4. The smallest absolute Gasteiger partial charge is 0.399 e. The normalized spacial score (nSPS) is 19.4. The van der Waals surface area contributed by atoms with Gasteiger partial charge in [0.05, 0.1) is 16.8 Å². The molecular formula is C15H18BF4NO3. The van der Waals surface area contributed by atoms with Crippen molar-refractivity contribution in [3.8, 4) is 0 Å². The number of alkyl halides is 3. The summed E-state index contributed by atoms with van der Waals surface area (Å²) in [6.45, 7) is 5.82. The van der Waals surface area contributed by atoms with Crippen molar-refractivity contribution in [2.45, 2.75) is 45.1 Å². The quantitative estimate of drug-likeness (QED) is 0.675. The first-order valence-electron chi connectivity index (χ1n) is 7.32. The summed E-state index contributed by atoms with van der Waals surface area (Å²) in [5.74, 6) is -2.08. The summed E-state index contributed by atoms with van der Waals surface area (Å²) in [5, 5.41) is 1.63. The van der Waals surface area contributed by atoms with Gasteiger partial charge in [0.1, 0.15) is 12.4 Å². The third-order valence-corrected chi connectivity index (χ3v) is 4.21. The lowest BCUT2D eigenvalue weighted by atomic mass is 9.78. The standard InChI is InChI=1S/C15H18BF4NO3/c1-13(2)14(3,4)24-16(23-13)9-5-6-10(11(17)7-9)12(22)21-8-15(18,19)20/h5-7H,8H2,1-4H3,(H,21,22). The minimum Gasteiger partial charge on any atom is -0.399 e. The van der Waals surface area contributed by atoms with Gasteiger partial charge in [-0.15, -0.1) is 0 Å². The molecule has 132 valence electrons. The van der Waals surface area contributed by atoms with Gasteiger partial charge in [-0.2, -0.15) is 13.2 Å². The van der Waals surface area contributed by atoms with Crippen LogP contribution in [0.2, 0.25) is 0 Å². The van der Waals surface area contributed by atoms with Crippen LogP contribution in [0.4, 0.5) is 17.6 Å². The molecule has 24 heavy (non-hydrogen) atoms. The summed E-state index contributed by atoms with van der Waals surface area (Å²) in [4.78, 5) is 11.6. The fourth-order valence-corrected chi connectivity index (χ4v) is 2.12. The van der Waals surface area contributed by atoms with Crippen LogP contribution in [-0.4, -0.2) is 36.9 Å². The van der Waals surface area contributed by atoms with Gasteiger partial charge in [0.25, 0.3) is 5.91 Å². The Morgan fingerprint density at radius 1 is 1.17 bits per heavy atom. The van der Waals surface area contributed by atoms with E-state index in [9.17, 15) is 22.4 Å². The zero-order valence-corrected chi connectivity index (χ0v) is 13.8. The minimum absolute atomic E-state index is 0.346. The highest BCUT2D eigenvalue weighted by Crippen LogP contribution is 2.36. The fraction of sp³-hybridized carbons (Fsp3) is 0.533. The average molecular weight is 347 g/mol. The Hall–Kier alpha value is -1.61. The Labute approximate surface area is 137 Å². The zero-order chi connectivity index (χ0) is 18.3. The first-order chi connectivity index (χ1) is 10.8. The fourth-order valence-electron chi connectivity index (χ4n) is 2.12. The molecule has 0 radical (unpaired) electrons. The molecule has 0 saturated carbocycles. The Kier molecular flexibility index (Phi) is 4.71. The van der Waals surface area contributed by atoms with Crippen LogP contribution in [0.15, 0.2) is 18.2 Å². The van der Waals surface area contributed by atoms with E-state index in [1.165, 1.54) is 6.07 Å². The van der Waals surface area contributed by atoms with Crippen molar-refractivity contribution in [3.63, 3.8) is 0 Å². The van der Waals surface area contributed by atoms with Gasteiger partial charge in [-0.3, -0.25) is 4.79 Å². The molecule has 4 nitrogen and oxygen atoms in total. The summed E-state index contributed by atoms with van der Waals surface area (Å²) in [5.41, 5.74) is -1.36. The van der Waals surface area contributed by atoms with Gasteiger partial charge in [0.2, 0.25) is 0 Å². The van der Waals surface area contributed by atoms with E-state index in [4.69, 9.17) is 9.31 Å². The maximum Gasteiger partial charge on any atom is 0.494 e. The molecule has 1 fully saturated rings. The van der Waals surface area contributed by atoms with E-state index in [-0.39, 0.29) is 0 Å². The average Bonchev–Trinajstić information content (AvgIpc) is 2.64. The molecule has 0 unspecified atom stereocenters. The second kappa shape index (κ2) is 6.04. The molecule has 1 amide bonds. The van der Waals surface area contributed by atoms with Crippen molar-refractivity contribution in [3.05, 3.63) is 29.6 Å². The monoisotopic (exact) mass is 347 g/mol. The van der Waals surface area contributed by atoms with Crippen LogP contribution in [0, 0.1) is 5.82 Å². The van der Waals surface area contributed by atoms with Gasteiger partial charge in [-0.25, -0.2) is 4.39 Å². The predicted molar refractivity (Wildman–Crippen MR) is 80.5 cm³/mol. The van der Waals surface area contributed by atoms with Crippen LogP contribution in [0.25, 0.3) is 0 Å². The van der Waals surface area contributed by atoms with Gasteiger partial charge in [0.15, 0.2) is 0 Å². The van der Waals surface area contributed by atoms with Crippen LogP contribution < -0.4 is 10.8 Å². The van der Waals surface area contributed by atoms with Crippen molar-refractivity contribution < 1.29 is 31.7 Å². The number of hydrogen-bond donors (Lipinski definition) is 1. The molecule has 2 rings (SSSR count). The topological polar surface area (TPSA) is 47.6 Å². The molecule has 1 aromatic rings. The van der Waals surface area contributed by atoms with Crippen molar-refractivity contribution in [2.24, 2.45) is 0 Å². The molecule has 1 aromatic carbocycles. The third-order valence-electron chi connectivity index (χ3n) is 4.21. The molecule has 0 bridgehead atoms. The van der Waals surface area contributed by atoms with E-state index in [1.807, 2.05) is 27.7 Å². The van der Waals surface area contributed by atoms with Crippen molar-refractivity contribution >= 4 is 18.5 Å². The van der Waals surface area contributed by atoms with Crippen molar-refractivity contribution in [2.75, 3.05) is 6.54 Å². The molecule has 1 N–H and O–H groups in total. The lowest BCUT2D eigenvalue weighted by Crippen LogP contribution is -2.41. The van der Waals surface area contributed by atoms with Gasteiger partial charge >= 0.3 is 13.3 Å². The van der Waals surface area contributed by atoms with E-state index >= 15 is 0 Å². The largest absolute Gasteiger partial charge is 0.494 e. The number of carbonyl (C=O) groups excluding carboxylic acids is 1. The van der Waals surface area contributed by atoms with Gasteiger partial charge in [0, 0.05) is 0 Å². The number of benzene rings is 1. The molecule has 0 atom stereocenters. The Balaban J connectivity index is 2.15. The maximum atomic E-state index is 14.1. The summed E-state index contributed by atoms with van der Waals surface area (Å²) >= 11 is 0. The minimum atomic E-state index is -4.56. The summed E-state index contributed by atoms with van der Waals surface area (Å²) in [6.07, 6.45) is -4.56. The van der Waals surface area contributed by atoms with E-state index in [2.05, 4.69) is 0 Å². The lowest BCUT2D eigenvalue weighted by Gasteiger charge is -2.32.